The molecule has 0 saturated carbocycles. The molecule has 0 radical (unpaired) electrons. The molecule has 0 unspecified atom stereocenters. The van der Waals surface area contributed by atoms with E-state index in [1.807, 2.05) is 62.4 Å². The Bertz CT molecular complexity index is 650. The van der Waals surface area contributed by atoms with Crippen LogP contribution in [0.1, 0.15) is 51.7 Å². The smallest absolute Gasteiger partial charge is 0.316 e. The van der Waals surface area contributed by atoms with Crippen LogP contribution in [0.5, 0.6) is 0 Å². The van der Waals surface area contributed by atoms with E-state index < -0.39 is 5.41 Å². The van der Waals surface area contributed by atoms with Crippen LogP contribution in [-0.4, -0.2) is 12.6 Å². The summed E-state index contributed by atoms with van der Waals surface area (Å²) in [4.78, 5) is 12.9. The van der Waals surface area contributed by atoms with Crippen molar-refractivity contribution in [3.8, 4) is 0 Å². The van der Waals surface area contributed by atoms with Crippen LogP contribution < -0.4 is 0 Å². The van der Waals surface area contributed by atoms with Crippen LogP contribution in [0.2, 0.25) is 0 Å². The van der Waals surface area contributed by atoms with Gasteiger partial charge in [0, 0.05) is 5.41 Å². The number of hydrogen-bond donors (Lipinski definition) is 0. The molecular weight excluding hydrogens is 296 g/mol. The molecule has 0 aliphatic carbocycles. The van der Waals surface area contributed by atoms with Crippen molar-refractivity contribution < 1.29 is 9.53 Å². The highest BCUT2D eigenvalue weighted by molar-refractivity contribution is 5.82. The van der Waals surface area contributed by atoms with E-state index in [0.29, 0.717) is 13.0 Å². The van der Waals surface area contributed by atoms with Gasteiger partial charge in [-0.25, -0.2) is 0 Å². The summed E-state index contributed by atoms with van der Waals surface area (Å²) in [6.45, 7) is 8.69. The Hall–Kier alpha value is -2.09. The third-order valence-electron chi connectivity index (χ3n) is 5.34. The van der Waals surface area contributed by atoms with E-state index in [2.05, 4.69) is 26.0 Å². The molecule has 0 aliphatic heterocycles. The van der Waals surface area contributed by atoms with Crippen molar-refractivity contribution >= 4 is 5.97 Å². The van der Waals surface area contributed by atoms with Gasteiger partial charge in [0.25, 0.3) is 0 Å². The number of ether oxygens (including phenoxy) is 1. The zero-order valence-electron chi connectivity index (χ0n) is 15.2. The molecule has 0 saturated heterocycles. The summed E-state index contributed by atoms with van der Waals surface area (Å²) in [5, 5.41) is 0. The fourth-order valence-corrected chi connectivity index (χ4v) is 2.89. The third-order valence-corrected chi connectivity index (χ3v) is 5.34. The minimum Gasteiger partial charge on any atom is -0.464 e. The minimum absolute atomic E-state index is 0.146. The van der Waals surface area contributed by atoms with Crippen molar-refractivity contribution in [2.45, 2.75) is 51.4 Å². The highest BCUT2D eigenvalue weighted by Crippen LogP contribution is 2.32. The van der Waals surface area contributed by atoms with E-state index in [1.165, 1.54) is 5.56 Å². The lowest BCUT2D eigenvalue weighted by atomic mass is 9.79. The van der Waals surface area contributed by atoms with Crippen LogP contribution in [0.25, 0.3) is 0 Å². The van der Waals surface area contributed by atoms with Gasteiger partial charge >= 0.3 is 5.97 Å². The van der Waals surface area contributed by atoms with Gasteiger partial charge in [0.05, 0.1) is 5.41 Å². The lowest BCUT2D eigenvalue weighted by Crippen LogP contribution is -2.37. The van der Waals surface area contributed by atoms with Gasteiger partial charge in [-0.15, -0.1) is 0 Å². The first-order valence-electron chi connectivity index (χ1n) is 8.74. The topological polar surface area (TPSA) is 26.3 Å². The molecule has 2 heteroatoms. The summed E-state index contributed by atoms with van der Waals surface area (Å²) in [5.41, 5.74) is 1.45. The van der Waals surface area contributed by atoms with Gasteiger partial charge in [0.1, 0.15) is 6.61 Å². The summed E-state index contributed by atoms with van der Waals surface area (Å²) < 4.78 is 5.82. The fraction of sp³-hybridized carbons (Fsp3) is 0.409. The molecule has 128 valence electrons. The average Bonchev–Trinajstić information content (AvgIpc) is 2.66. The van der Waals surface area contributed by atoms with Crippen molar-refractivity contribution in [3.63, 3.8) is 0 Å². The molecule has 0 bridgehead atoms. The Morgan fingerprint density at radius 2 is 1.33 bits per heavy atom. The Morgan fingerprint density at radius 3 is 1.79 bits per heavy atom. The second-order valence-corrected chi connectivity index (χ2v) is 6.91. The molecule has 0 N–H and O–H groups in total. The number of carbonyl (C=O) groups excluding carboxylic acids is 1. The molecule has 0 spiro atoms. The van der Waals surface area contributed by atoms with Crippen LogP contribution in [-0.2, 0) is 20.4 Å². The maximum atomic E-state index is 12.9. The predicted molar refractivity (Wildman–Crippen MR) is 99.1 cm³/mol. The molecule has 24 heavy (non-hydrogen) atoms. The van der Waals surface area contributed by atoms with Crippen molar-refractivity contribution in [2.75, 3.05) is 6.61 Å². The predicted octanol–water partition coefficient (Wildman–Crippen LogP) is 5.27. The zero-order valence-corrected chi connectivity index (χ0v) is 15.2. The van der Waals surface area contributed by atoms with Gasteiger partial charge in [0.2, 0.25) is 0 Å². The molecule has 2 aromatic rings. The molecule has 2 aromatic carbocycles. The summed E-state index contributed by atoms with van der Waals surface area (Å²) in [7, 11) is 0. The summed E-state index contributed by atoms with van der Waals surface area (Å²) in [6.07, 6.45) is 1.63. The number of hydrogen-bond acceptors (Lipinski definition) is 2. The number of esters is 1. The lowest BCUT2D eigenvalue weighted by molar-refractivity contribution is -0.152. The molecule has 2 nitrogen and oxygen atoms in total. The summed E-state index contributed by atoms with van der Waals surface area (Å²) in [5.74, 6) is -0.146. The Labute approximate surface area is 145 Å². The van der Waals surface area contributed by atoms with Gasteiger partial charge in [-0.3, -0.25) is 4.79 Å². The number of benzene rings is 2. The van der Waals surface area contributed by atoms with E-state index in [0.717, 1.165) is 12.0 Å². The van der Waals surface area contributed by atoms with Crippen molar-refractivity contribution in [1.29, 1.82) is 0 Å². The normalized spacial score (nSPS) is 16.0. The quantitative estimate of drug-likeness (QED) is 0.649. The van der Waals surface area contributed by atoms with Gasteiger partial charge in [-0.2, -0.15) is 0 Å². The number of rotatable bonds is 7. The molecule has 2 rings (SSSR count). The largest absolute Gasteiger partial charge is 0.464 e. The standard InChI is InChI=1S/C22H28O2/c1-5-21(3,18-13-9-7-10-14-18)17-24-20(23)22(4,6-2)19-15-11-8-12-16-19/h7-16H,5-6,17H2,1-4H3/t21-,22-/m0/s1. The molecule has 2 atom stereocenters. The summed E-state index contributed by atoms with van der Waals surface area (Å²) in [6, 6.07) is 20.2. The highest BCUT2D eigenvalue weighted by Gasteiger charge is 2.36. The van der Waals surface area contributed by atoms with Crippen molar-refractivity contribution in [1.82, 2.24) is 0 Å². The van der Waals surface area contributed by atoms with Gasteiger partial charge in [-0.1, -0.05) is 81.4 Å². The molecule has 0 fully saturated rings. The Kier molecular flexibility index (Phi) is 5.82. The highest BCUT2D eigenvalue weighted by atomic mass is 16.5. The maximum absolute atomic E-state index is 12.9. The van der Waals surface area contributed by atoms with Crippen molar-refractivity contribution in [2.24, 2.45) is 0 Å². The molecule has 0 aromatic heterocycles. The lowest BCUT2D eigenvalue weighted by Gasteiger charge is -2.32. The van der Waals surface area contributed by atoms with Gasteiger partial charge < -0.3 is 4.74 Å². The van der Waals surface area contributed by atoms with E-state index in [-0.39, 0.29) is 11.4 Å². The molecule has 0 aliphatic rings. The Balaban J connectivity index is 2.16. The summed E-state index contributed by atoms with van der Waals surface area (Å²) >= 11 is 0. The second-order valence-electron chi connectivity index (χ2n) is 6.91. The maximum Gasteiger partial charge on any atom is 0.316 e. The first kappa shape index (κ1) is 18.3. The van der Waals surface area contributed by atoms with Gasteiger partial charge in [-0.05, 0) is 30.9 Å². The first-order chi connectivity index (χ1) is 11.5. The SMILES string of the molecule is CC[C@@](C)(COC(=O)[C@@](C)(CC)c1ccccc1)c1ccccc1. The molecular formula is C22H28O2. The minimum atomic E-state index is -0.605. The van der Waals surface area contributed by atoms with Crippen LogP contribution in [0, 0.1) is 0 Å². The van der Waals surface area contributed by atoms with Gasteiger partial charge in [0.15, 0.2) is 0 Å². The molecule has 0 heterocycles. The number of carbonyl (C=O) groups is 1. The van der Waals surface area contributed by atoms with Crippen LogP contribution in [0.3, 0.4) is 0 Å². The zero-order chi connectivity index (χ0) is 17.6. The average molecular weight is 324 g/mol. The van der Waals surface area contributed by atoms with E-state index in [9.17, 15) is 4.79 Å². The van der Waals surface area contributed by atoms with E-state index in [1.54, 1.807) is 0 Å². The van der Waals surface area contributed by atoms with Crippen LogP contribution >= 0.6 is 0 Å². The van der Waals surface area contributed by atoms with Crippen LogP contribution in [0.15, 0.2) is 60.7 Å². The van der Waals surface area contributed by atoms with E-state index >= 15 is 0 Å². The monoisotopic (exact) mass is 324 g/mol. The Morgan fingerprint density at radius 1 is 0.833 bits per heavy atom. The second kappa shape index (κ2) is 7.65. The third kappa shape index (κ3) is 3.69. The van der Waals surface area contributed by atoms with E-state index in [4.69, 9.17) is 4.74 Å². The van der Waals surface area contributed by atoms with Crippen molar-refractivity contribution in [3.05, 3.63) is 71.8 Å². The molecule has 0 amide bonds. The van der Waals surface area contributed by atoms with Crippen LogP contribution in [0.4, 0.5) is 0 Å². The fourth-order valence-electron chi connectivity index (χ4n) is 2.89. The first-order valence-corrected chi connectivity index (χ1v) is 8.74.